The lowest BCUT2D eigenvalue weighted by atomic mass is 10.1. The van der Waals surface area contributed by atoms with Crippen molar-refractivity contribution >= 4 is 17.5 Å². The molecule has 0 saturated heterocycles. The number of hydrogen-bond donors (Lipinski definition) is 2. The van der Waals surface area contributed by atoms with Crippen molar-refractivity contribution in [1.29, 1.82) is 0 Å². The van der Waals surface area contributed by atoms with Crippen molar-refractivity contribution in [3.05, 3.63) is 63.4 Å². The van der Waals surface area contributed by atoms with Gasteiger partial charge >= 0.3 is 0 Å². The molecular weight excluding hydrogens is 305 g/mol. The van der Waals surface area contributed by atoms with Gasteiger partial charge in [0, 0.05) is 5.02 Å². The number of aromatic hydroxyl groups is 1. The van der Waals surface area contributed by atoms with Crippen molar-refractivity contribution in [2.75, 3.05) is 0 Å². The van der Waals surface area contributed by atoms with Crippen LogP contribution < -0.4 is 5.32 Å². The lowest BCUT2D eigenvalue weighted by Crippen LogP contribution is -2.27. The molecule has 3 nitrogen and oxygen atoms in total. The fourth-order valence-corrected chi connectivity index (χ4v) is 3.08. The molecule has 1 amide bonds. The minimum Gasteiger partial charge on any atom is -0.507 e. The van der Waals surface area contributed by atoms with Crippen LogP contribution in [0.3, 0.4) is 0 Å². The van der Waals surface area contributed by atoms with E-state index in [4.69, 9.17) is 11.6 Å². The minimum absolute atomic E-state index is 0.0620. The van der Waals surface area contributed by atoms with E-state index in [2.05, 4.69) is 5.32 Å². The Kier molecular flexibility index (Phi) is 3.79. The molecule has 0 fully saturated rings. The Bertz CT molecular complexity index is 761. The molecule has 114 valence electrons. The molecule has 22 heavy (non-hydrogen) atoms. The van der Waals surface area contributed by atoms with Gasteiger partial charge in [0.15, 0.2) is 0 Å². The van der Waals surface area contributed by atoms with Gasteiger partial charge in [0.2, 0.25) is 0 Å². The van der Waals surface area contributed by atoms with Crippen molar-refractivity contribution in [2.24, 2.45) is 0 Å². The smallest absolute Gasteiger partial charge is 0.255 e. The molecule has 0 radical (unpaired) electrons. The van der Waals surface area contributed by atoms with Crippen molar-refractivity contribution in [2.45, 2.75) is 25.8 Å². The number of phenols is 1. The van der Waals surface area contributed by atoms with E-state index < -0.39 is 0 Å². The summed E-state index contributed by atoms with van der Waals surface area (Å²) in [5, 5.41) is 13.0. The molecule has 0 spiro atoms. The van der Waals surface area contributed by atoms with E-state index in [0.717, 1.165) is 5.56 Å². The van der Waals surface area contributed by atoms with Gasteiger partial charge in [0.05, 0.1) is 11.6 Å². The van der Waals surface area contributed by atoms with Crippen LogP contribution in [0.1, 0.15) is 39.5 Å². The first-order valence-electron chi connectivity index (χ1n) is 7.04. The van der Waals surface area contributed by atoms with Gasteiger partial charge < -0.3 is 10.4 Å². The lowest BCUT2D eigenvalue weighted by molar-refractivity contribution is 0.0934. The summed E-state index contributed by atoms with van der Waals surface area (Å²) < 4.78 is 13.9. The highest BCUT2D eigenvalue weighted by atomic mass is 35.5. The monoisotopic (exact) mass is 319 g/mol. The van der Waals surface area contributed by atoms with Crippen LogP contribution in [0.2, 0.25) is 5.02 Å². The summed E-state index contributed by atoms with van der Waals surface area (Å²) in [5.41, 5.74) is 2.39. The second-order valence-corrected chi connectivity index (χ2v) is 5.98. The van der Waals surface area contributed by atoms with E-state index in [9.17, 15) is 14.3 Å². The van der Waals surface area contributed by atoms with Gasteiger partial charge in [-0.15, -0.1) is 0 Å². The first kappa shape index (κ1) is 14.9. The third-order valence-corrected chi connectivity index (χ3v) is 4.17. The predicted octanol–water partition coefficient (Wildman–Crippen LogP) is 3.91. The molecule has 5 heteroatoms. The largest absolute Gasteiger partial charge is 0.507 e. The van der Waals surface area contributed by atoms with Crippen LogP contribution in [0.25, 0.3) is 0 Å². The molecule has 1 aliphatic carbocycles. The molecule has 1 aliphatic rings. The average molecular weight is 320 g/mol. The molecule has 0 heterocycles. The van der Waals surface area contributed by atoms with E-state index in [1.54, 1.807) is 18.2 Å². The Morgan fingerprint density at radius 3 is 2.86 bits per heavy atom. The molecule has 0 saturated carbocycles. The maximum atomic E-state index is 13.9. The number of amides is 1. The molecule has 2 aromatic carbocycles. The summed E-state index contributed by atoms with van der Waals surface area (Å²) in [5.74, 6) is -0.777. The zero-order chi connectivity index (χ0) is 15.9. The standard InChI is InChI=1S/C17H15ClFNO2/c1-9-2-3-12(16(21)6-9)17(22)20-15-5-4-11-13(15)7-10(18)8-14(11)19/h2-3,6-8,15,21H,4-5H2,1H3,(H,20,22)/t15-/m1/s1. The van der Waals surface area contributed by atoms with Gasteiger partial charge in [0.1, 0.15) is 11.6 Å². The summed E-state index contributed by atoms with van der Waals surface area (Å²) in [6.45, 7) is 1.83. The van der Waals surface area contributed by atoms with Crippen LogP contribution in [0.15, 0.2) is 30.3 Å². The van der Waals surface area contributed by atoms with Gasteiger partial charge in [-0.05, 0) is 60.7 Å². The number of hydrogen-bond acceptors (Lipinski definition) is 2. The van der Waals surface area contributed by atoms with Crippen molar-refractivity contribution in [3.63, 3.8) is 0 Å². The first-order chi connectivity index (χ1) is 10.5. The molecule has 2 N–H and O–H groups in total. The number of fused-ring (bicyclic) bond motifs is 1. The Balaban J connectivity index is 1.85. The Morgan fingerprint density at radius 2 is 2.14 bits per heavy atom. The average Bonchev–Trinajstić information content (AvgIpc) is 2.82. The van der Waals surface area contributed by atoms with E-state index in [1.165, 1.54) is 12.1 Å². The number of carbonyl (C=O) groups excluding carboxylic acids is 1. The highest BCUT2D eigenvalue weighted by Crippen LogP contribution is 2.35. The summed E-state index contributed by atoms with van der Waals surface area (Å²) in [6, 6.07) is 7.55. The number of halogens is 2. The maximum absolute atomic E-state index is 13.9. The van der Waals surface area contributed by atoms with Crippen LogP contribution in [-0.4, -0.2) is 11.0 Å². The number of nitrogens with one attached hydrogen (secondary N) is 1. The van der Waals surface area contributed by atoms with Crippen LogP contribution in [-0.2, 0) is 6.42 Å². The van der Waals surface area contributed by atoms with E-state index in [-0.39, 0.29) is 29.1 Å². The molecule has 0 unspecified atom stereocenters. The summed E-state index contributed by atoms with van der Waals surface area (Å²) in [7, 11) is 0. The Morgan fingerprint density at radius 1 is 1.36 bits per heavy atom. The molecule has 1 atom stereocenters. The van der Waals surface area contributed by atoms with E-state index >= 15 is 0 Å². The summed E-state index contributed by atoms with van der Waals surface area (Å²) in [4.78, 5) is 12.3. The number of rotatable bonds is 2. The highest BCUT2D eigenvalue weighted by molar-refractivity contribution is 6.30. The van der Waals surface area contributed by atoms with E-state index in [0.29, 0.717) is 29.0 Å². The maximum Gasteiger partial charge on any atom is 0.255 e. The predicted molar refractivity (Wildman–Crippen MR) is 82.8 cm³/mol. The number of carbonyl (C=O) groups is 1. The normalized spacial score (nSPS) is 16.4. The van der Waals surface area contributed by atoms with Gasteiger partial charge in [-0.1, -0.05) is 17.7 Å². The van der Waals surface area contributed by atoms with Crippen molar-refractivity contribution in [3.8, 4) is 5.75 Å². The Labute approximate surface area is 132 Å². The van der Waals surface area contributed by atoms with Gasteiger partial charge in [0.25, 0.3) is 5.91 Å². The third-order valence-electron chi connectivity index (χ3n) is 3.96. The molecule has 2 aromatic rings. The zero-order valence-corrected chi connectivity index (χ0v) is 12.7. The van der Waals surface area contributed by atoms with Gasteiger partial charge in [-0.25, -0.2) is 4.39 Å². The van der Waals surface area contributed by atoms with E-state index in [1.807, 2.05) is 6.92 Å². The second-order valence-electron chi connectivity index (χ2n) is 5.54. The van der Waals surface area contributed by atoms with Crippen LogP contribution in [0.4, 0.5) is 4.39 Å². The quantitative estimate of drug-likeness (QED) is 0.881. The third kappa shape index (κ3) is 2.66. The lowest BCUT2D eigenvalue weighted by Gasteiger charge is -2.15. The first-order valence-corrected chi connectivity index (χ1v) is 7.42. The van der Waals surface area contributed by atoms with Crippen molar-refractivity contribution < 1.29 is 14.3 Å². The zero-order valence-electron chi connectivity index (χ0n) is 12.0. The molecular formula is C17H15ClFNO2. The van der Waals surface area contributed by atoms with Gasteiger partial charge in [-0.3, -0.25) is 4.79 Å². The second kappa shape index (κ2) is 5.61. The molecule has 0 aromatic heterocycles. The SMILES string of the molecule is Cc1ccc(C(=O)N[C@@H]2CCc3c(F)cc(Cl)cc32)c(O)c1. The van der Waals surface area contributed by atoms with Gasteiger partial charge in [-0.2, -0.15) is 0 Å². The summed E-state index contributed by atoms with van der Waals surface area (Å²) in [6.07, 6.45) is 1.17. The van der Waals surface area contributed by atoms with Crippen LogP contribution in [0, 0.1) is 12.7 Å². The molecule has 3 rings (SSSR count). The fourth-order valence-electron chi connectivity index (χ4n) is 2.86. The highest BCUT2D eigenvalue weighted by Gasteiger charge is 2.27. The van der Waals surface area contributed by atoms with Crippen LogP contribution in [0.5, 0.6) is 5.75 Å². The Hall–Kier alpha value is -2.07. The van der Waals surface area contributed by atoms with Crippen molar-refractivity contribution in [1.82, 2.24) is 5.32 Å². The number of phenolic OH excluding ortho intramolecular Hbond substituents is 1. The number of benzene rings is 2. The molecule has 0 aliphatic heterocycles. The summed E-state index contributed by atoms with van der Waals surface area (Å²) >= 11 is 5.90. The molecule has 0 bridgehead atoms. The number of aryl methyl sites for hydroxylation is 1. The fraction of sp³-hybridized carbons (Fsp3) is 0.235. The minimum atomic E-state index is -0.379. The topological polar surface area (TPSA) is 49.3 Å². The van der Waals surface area contributed by atoms with Crippen LogP contribution >= 0.6 is 11.6 Å².